The molecule has 0 aliphatic heterocycles. The van der Waals surface area contributed by atoms with Crippen molar-refractivity contribution in [1.29, 1.82) is 0 Å². The highest BCUT2D eigenvalue weighted by atomic mass is 19.1. The van der Waals surface area contributed by atoms with Crippen molar-refractivity contribution in [2.45, 2.75) is 18.9 Å². The second kappa shape index (κ2) is 5.44. The van der Waals surface area contributed by atoms with Crippen LogP contribution in [0.15, 0.2) is 12.1 Å². The molecule has 1 aromatic carbocycles. The molecule has 5 nitrogen and oxygen atoms in total. The molecule has 7 heteroatoms. The number of nitrogens with zero attached hydrogens (tertiary/aromatic N) is 1. The molecule has 1 aliphatic rings. The number of amides is 1. The fourth-order valence-electron chi connectivity index (χ4n) is 1.72. The minimum Gasteiger partial charge on any atom is -0.478 e. The average Bonchev–Trinajstić information content (AvgIpc) is 3.20. The third-order valence-electron chi connectivity index (χ3n) is 3.07. The van der Waals surface area contributed by atoms with E-state index in [2.05, 4.69) is 0 Å². The number of benzene rings is 1. The Hall–Kier alpha value is -2.18. The average molecular weight is 285 g/mol. The maximum atomic E-state index is 13.5. The topological polar surface area (TPSA) is 66.8 Å². The summed E-state index contributed by atoms with van der Waals surface area (Å²) in [4.78, 5) is 23.8. The first-order valence-corrected chi connectivity index (χ1v) is 6.01. The SMILES string of the molecule is CN(C(=O)COc1c(F)cc(C(=O)O)cc1F)C1CC1. The number of rotatable bonds is 5. The molecule has 0 bridgehead atoms. The van der Waals surface area contributed by atoms with E-state index in [0.717, 1.165) is 12.8 Å². The van der Waals surface area contributed by atoms with E-state index in [1.54, 1.807) is 7.05 Å². The lowest BCUT2D eigenvalue weighted by Gasteiger charge is -2.16. The van der Waals surface area contributed by atoms with Gasteiger partial charge >= 0.3 is 5.97 Å². The summed E-state index contributed by atoms with van der Waals surface area (Å²) in [5.74, 6) is -4.87. The van der Waals surface area contributed by atoms with Crippen LogP contribution >= 0.6 is 0 Å². The summed E-state index contributed by atoms with van der Waals surface area (Å²) < 4.78 is 31.9. The van der Waals surface area contributed by atoms with Crippen LogP contribution in [-0.4, -0.2) is 41.6 Å². The van der Waals surface area contributed by atoms with Crippen molar-refractivity contribution >= 4 is 11.9 Å². The molecule has 1 aliphatic carbocycles. The van der Waals surface area contributed by atoms with Gasteiger partial charge in [-0.1, -0.05) is 0 Å². The van der Waals surface area contributed by atoms with Crippen LogP contribution in [0.3, 0.4) is 0 Å². The highest BCUT2D eigenvalue weighted by molar-refractivity contribution is 5.87. The third-order valence-corrected chi connectivity index (χ3v) is 3.07. The Morgan fingerprint density at radius 3 is 2.35 bits per heavy atom. The van der Waals surface area contributed by atoms with Crippen LogP contribution < -0.4 is 4.74 Å². The molecule has 20 heavy (non-hydrogen) atoms. The first-order valence-electron chi connectivity index (χ1n) is 6.01. The molecule has 0 spiro atoms. The van der Waals surface area contributed by atoms with Gasteiger partial charge in [0.25, 0.3) is 5.91 Å². The van der Waals surface area contributed by atoms with Gasteiger partial charge in [0.05, 0.1) is 5.56 Å². The summed E-state index contributed by atoms with van der Waals surface area (Å²) >= 11 is 0. The van der Waals surface area contributed by atoms with E-state index in [1.165, 1.54) is 4.90 Å². The fourth-order valence-corrected chi connectivity index (χ4v) is 1.72. The predicted molar refractivity (Wildman–Crippen MR) is 64.6 cm³/mol. The summed E-state index contributed by atoms with van der Waals surface area (Å²) in [5, 5.41) is 8.65. The molecule has 1 amide bonds. The van der Waals surface area contributed by atoms with Crippen molar-refractivity contribution in [2.75, 3.05) is 13.7 Å². The smallest absolute Gasteiger partial charge is 0.335 e. The number of hydrogen-bond donors (Lipinski definition) is 1. The van der Waals surface area contributed by atoms with E-state index in [1.807, 2.05) is 0 Å². The Bertz CT molecular complexity index is 534. The number of carbonyl (C=O) groups is 2. The second-order valence-corrected chi connectivity index (χ2v) is 4.60. The van der Waals surface area contributed by atoms with Crippen molar-refractivity contribution in [3.8, 4) is 5.75 Å². The summed E-state index contributed by atoms with van der Waals surface area (Å²) in [6.07, 6.45) is 1.83. The summed E-state index contributed by atoms with van der Waals surface area (Å²) in [6, 6.07) is 1.47. The van der Waals surface area contributed by atoms with Gasteiger partial charge in [-0.3, -0.25) is 4.79 Å². The van der Waals surface area contributed by atoms with Crippen LogP contribution in [0.2, 0.25) is 0 Å². The molecule has 0 radical (unpaired) electrons. The van der Waals surface area contributed by atoms with Crippen LogP contribution in [0.25, 0.3) is 0 Å². The monoisotopic (exact) mass is 285 g/mol. The number of carboxylic acid groups (broad SMARTS) is 1. The van der Waals surface area contributed by atoms with Gasteiger partial charge in [0.2, 0.25) is 0 Å². The Balaban J connectivity index is 2.05. The number of aromatic carboxylic acids is 1. The summed E-state index contributed by atoms with van der Waals surface area (Å²) in [5.41, 5.74) is -0.520. The van der Waals surface area contributed by atoms with E-state index < -0.39 is 35.5 Å². The van der Waals surface area contributed by atoms with E-state index in [9.17, 15) is 18.4 Å². The Morgan fingerprint density at radius 2 is 1.90 bits per heavy atom. The van der Waals surface area contributed by atoms with Crippen molar-refractivity contribution in [3.63, 3.8) is 0 Å². The van der Waals surface area contributed by atoms with E-state index in [4.69, 9.17) is 9.84 Å². The van der Waals surface area contributed by atoms with Crippen LogP contribution in [0.1, 0.15) is 23.2 Å². The van der Waals surface area contributed by atoms with Crippen molar-refractivity contribution in [2.24, 2.45) is 0 Å². The maximum Gasteiger partial charge on any atom is 0.335 e. The van der Waals surface area contributed by atoms with Crippen molar-refractivity contribution < 1.29 is 28.2 Å². The summed E-state index contributed by atoms with van der Waals surface area (Å²) in [7, 11) is 1.60. The van der Waals surface area contributed by atoms with Gasteiger partial charge in [-0.25, -0.2) is 13.6 Å². The van der Waals surface area contributed by atoms with Gasteiger partial charge in [-0.15, -0.1) is 0 Å². The van der Waals surface area contributed by atoms with Gasteiger partial charge in [0.15, 0.2) is 24.0 Å². The molecular formula is C13H13F2NO4. The van der Waals surface area contributed by atoms with Gasteiger partial charge in [-0.2, -0.15) is 0 Å². The number of halogens is 2. The summed E-state index contributed by atoms with van der Waals surface area (Å²) in [6.45, 7) is -0.493. The lowest BCUT2D eigenvalue weighted by atomic mass is 10.2. The van der Waals surface area contributed by atoms with Gasteiger partial charge < -0.3 is 14.7 Å². The molecule has 1 saturated carbocycles. The molecular weight excluding hydrogens is 272 g/mol. The van der Waals surface area contributed by atoms with Crippen LogP contribution in [-0.2, 0) is 4.79 Å². The first-order chi connectivity index (χ1) is 9.40. The molecule has 0 atom stereocenters. The Kier molecular flexibility index (Phi) is 3.87. The minimum atomic E-state index is -1.45. The third kappa shape index (κ3) is 3.04. The van der Waals surface area contributed by atoms with E-state index in [0.29, 0.717) is 12.1 Å². The molecule has 2 rings (SSSR count). The zero-order valence-electron chi connectivity index (χ0n) is 10.7. The lowest BCUT2D eigenvalue weighted by molar-refractivity contribution is -0.132. The Morgan fingerprint density at radius 1 is 1.35 bits per heavy atom. The van der Waals surface area contributed by atoms with Crippen molar-refractivity contribution in [3.05, 3.63) is 29.3 Å². The molecule has 108 valence electrons. The molecule has 0 aromatic heterocycles. The second-order valence-electron chi connectivity index (χ2n) is 4.60. The van der Waals surface area contributed by atoms with Gasteiger partial charge in [-0.05, 0) is 25.0 Å². The Labute approximate surface area is 113 Å². The number of carboxylic acids is 1. The van der Waals surface area contributed by atoms with E-state index in [-0.39, 0.29) is 11.9 Å². The van der Waals surface area contributed by atoms with Gasteiger partial charge in [0.1, 0.15) is 0 Å². The lowest BCUT2D eigenvalue weighted by Crippen LogP contribution is -2.33. The maximum absolute atomic E-state index is 13.5. The molecule has 1 fully saturated rings. The predicted octanol–water partition coefficient (Wildman–Crippen LogP) is 1.66. The highest BCUT2D eigenvalue weighted by Gasteiger charge is 2.30. The van der Waals surface area contributed by atoms with Gasteiger partial charge in [0, 0.05) is 13.1 Å². The number of carbonyl (C=O) groups excluding carboxylic acids is 1. The molecule has 1 N–H and O–H groups in total. The molecule has 0 heterocycles. The van der Waals surface area contributed by atoms with Crippen LogP contribution in [0.5, 0.6) is 5.75 Å². The fraction of sp³-hybridized carbons (Fsp3) is 0.385. The van der Waals surface area contributed by atoms with E-state index >= 15 is 0 Å². The normalized spacial score (nSPS) is 13.9. The zero-order valence-corrected chi connectivity index (χ0v) is 10.7. The zero-order chi connectivity index (χ0) is 14.9. The quantitative estimate of drug-likeness (QED) is 0.893. The molecule has 0 saturated heterocycles. The van der Waals surface area contributed by atoms with Crippen LogP contribution in [0, 0.1) is 11.6 Å². The molecule has 0 unspecified atom stereocenters. The van der Waals surface area contributed by atoms with Crippen molar-refractivity contribution in [1.82, 2.24) is 4.90 Å². The molecule has 1 aromatic rings. The number of ether oxygens (including phenoxy) is 1. The number of hydrogen-bond acceptors (Lipinski definition) is 3. The largest absolute Gasteiger partial charge is 0.478 e. The number of likely N-dealkylation sites (N-methyl/N-ethyl adjacent to an activating group) is 1. The first kappa shape index (κ1) is 14.2. The highest BCUT2D eigenvalue weighted by Crippen LogP contribution is 2.26. The standard InChI is InChI=1S/C13H13F2NO4/c1-16(8-2-3-8)11(17)6-20-12-9(14)4-7(13(18)19)5-10(12)15/h4-5,8H,2-3,6H2,1H3,(H,18,19). The minimum absolute atomic E-state index is 0.176. The van der Waals surface area contributed by atoms with Crippen LogP contribution in [0.4, 0.5) is 8.78 Å².